The predicted octanol–water partition coefficient (Wildman–Crippen LogP) is -0.377. The predicted molar refractivity (Wildman–Crippen MR) is 30.8 cm³/mol. The number of hydrogen-bond donors (Lipinski definition) is 2. The Labute approximate surface area is 47.7 Å². The Morgan fingerprint density at radius 1 is 2.00 bits per heavy atom. The van der Waals surface area contributed by atoms with E-state index in [-0.39, 0.29) is 0 Å². The monoisotopic (exact) mass is 115 g/mol. The molecule has 0 aromatic carbocycles. The van der Waals surface area contributed by atoms with Crippen LogP contribution < -0.4 is 5.32 Å². The van der Waals surface area contributed by atoms with Crippen LogP contribution in [0.1, 0.15) is 0 Å². The van der Waals surface area contributed by atoms with E-state index < -0.39 is 5.91 Å². The van der Waals surface area contributed by atoms with Gasteiger partial charge in [-0.3, -0.25) is 4.79 Å². The Morgan fingerprint density at radius 2 is 2.57 bits per heavy atom. The fourth-order valence-electron chi connectivity index (χ4n) is 0.123. The van der Waals surface area contributed by atoms with Crippen LogP contribution in [0.4, 0.5) is 0 Å². The molecule has 38 valence electrons. The van der Waals surface area contributed by atoms with E-state index in [4.69, 9.17) is 0 Å². The summed E-state index contributed by atoms with van der Waals surface area (Å²) >= 11 is 3.69. The van der Waals surface area contributed by atoms with Crippen LogP contribution in [0.15, 0.2) is 0 Å². The molecule has 0 bridgehead atoms. The number of carbonyl (C=O) groups excluding carboxylic acids is 1. The van der Waals surface area contributed by atoms with E-state index >= 15 is 0 Å². The van der Waals surface area contributed by atoms with Gasteiger partial charge >= 0.3 is 0 Å². The van der Waals surface area contributed by atoms with Crippen molar-refractivity contribution in [2.45, 2.75) is 0 Å². The van der Waals surface area contributed by atoms with Gasteiger partial charge in [-0.05, 0) is 5.92 Å². The highest BCUT2D eigenvalue weighted by molar-refractivity contribution is 7.80. The van der Waals surface area contributed by atoms with Crippen LogP contribution in [0.3, 0.4) is 0 Å². The minimum Gasteiger partial charge on any atom is -0.337 e. The maximum Gasteiger partial charge on any atom is 0.296 e. The van der Waals surface area contributed by atoms with Crippen molar-refractivity contribution in [1.29, 1.82) is 0 Å². The number of carbonyl (C=O) groups is 1. The summed E-state index contributed by atoms with van der Waals surface area (Å²) in [7, 11) is 0. The lowest BCUT2D eigenvalue weighted by molar-refractivity contribution is -0.115. The van der Waals surface area contributed by atoms with Gasteiger partial charge in [0.1, 0.15) is 0 Å². The van der Waals surface area contributed by atoms with E-state index in [0.29, 0.717) is 5.88 Å². The number of rotatable bonds is 1. The molecule has 1 N–H and O–H groups in total. The quantitative estimate of drug-likeness (QED) is 0.272. The maximum atomic E-state index is 10.0. The van der Waals surface area contributed by atoms with Crippen LogP contribution >= 0.6 is 12.6 Å². The zero-order valence-electron chi connectivity index (χ0n) is 3.64. The molecule has 0 aliphatic rings. The normalized spacial score (nSPS) is 6.86. The highest BCUT2D eigenvalue weighted by atomic mass is 32.1. The first kappa shape index (κ1) is 6.38. The van der Waals surface area contributed by atoms with Crippen molar-refractivity contribution in [2.24, 2.45) is 0 Å². The number of amides is 1. The fraction of sp³-hybridized carbons (Fsp3) is 0.250. The van der Waals surface area contributed by atoms with Gasteiger partial charge in [0.25, 0.3) is 5.91 Å². The van der Waals surface area contributed by atoms with Crippen LogP contribution in [0.25, 0.3) is 0 Å². The van der Waals surface area contributed by atoms with Crippen molar-refractivity contribution in [3.05, 3.63) is 0 Å². The summed E-state index contributed by atoms with van der Waals surface area (Å²) in [5.74, 6) is 1.74. The van der Waals surface area contributed by atoms with Crippen LogP contribution in [0.5, 0.6) is 0 Å². The molecular formula is C4H5NOS. The number of hydrogen-bond acceptors (Lipinski definition) is 2. The average molecular weight is 115 g/mol. The average Bonchev–Trinajstić information content (AvgIpc) is 1.68. The Balaban J connectivity index is 3.24. The second kappa shape index (κ2) is 3.57. The van der Waals surface area contributed by atoms with Gasteiger partial charge in [0.05, 0.1) is 5.88 Å². The minimum absolute atomic E-state index is 0.295. The van der Waals surface area contributed by atoms with Crippen molar-refractivity contribution in [1.82, 2.24) is 5.32 Å². The molecule has 0 fully saturated rings. The van der Waals surface area contributed by atoms with Crippen molar-refractivity contribution in [2.75, 3.05) is 5.88 Å². The highest BCUT2D eigenvalue weighted by Crippen LogP contribution is 1.63. The molecule has 0 heterocycles. The molecule has 2 nitrogen and oxygen atoms in total. The Morgan fingerprint density at radius 3 is 2.71 bits per heavy atom. The van der Waals surface area contributed by atoms with Crippen LogP contribution in [0.2, 0.25) is 0 Å². The summed E-state index contributed by atoms with van der Waals surface area (Å²) in [5.41, 5.74) is 0. The van der Waals surface area contributed by atoms with Crippen LogP contribution in [-0.2, 0) is 4.79 Å². The number of terminal acetylenes is 1. The Kier molecular flexibility index (Phi) is 3.25. The molecule has 0 saturated heterocycles. The van der Waals surface area contributed by atoms with E-state index in [1.54, 1.807) is 0 Å². The molecule has 0 aliphatic carbocycles. The van der Waals surface area contributed by atoms with Gasteiger partial charge in [-0.2, -0.15) is 12.6 Å². The smallest absolute Gasteiger partial charge is 0.296 e. The van der Waals surface area contributed by atoms with Crippen LogP contribution in [-0.4, -0.2) is 11.8 Å². The Hall–Kier alpha value is -0.620. The van der Waals surface area contributed by atoms with Gasteiger partial charge in [-0.25, -0.2) is 0 Å². The molecule has 3 heteroatoms. The summed E-state index contributed by atoms with van der Waals surface area (Å²) < 4.78 is 0. The highest BCUT2D eigenvalue weighted by Gasteiger charge is 1.85. The first-order valence-electron chi connectivity index (χ1n) is 1.66. The molecule has 0 spiro atoms. The zero-order chi connectivity index (χ0) is 5.70. The van der Waals surface area contributed by atoms with E-state index in [2.05, 4.69) is 24.4 Å². The number of nitrogens with one attached hydrogen (secondary N) is 1. The van der Waals surface area contributed by atoms with Crippen molar-refractivity contribution >= 4 is 18.5 Å². The van der Waals surface area contributed by atoms with Gasteiger partial charge in [0, 0.05) is 0 Å². The van der Waals surface area contributed by atoms with Crippen molar-refractivity contribution < 1.29 is 4.79 Å². The lowest BCUT2D eigenvalue weighted by Gasteiger charge is -1.87. The molecule has 0 unspecified atom stereocenters. The topological polar surface area (TPSA) is 29.1 Å². The summed E-state index contributed by atoms with van der Waals surface area (Å²) in [6.45, 7) is 0. The SMILES string of the molecule is C#CC(=O)NCS. The van der Waals surface area contributed by atoms with E-state index in [9.17, 15) is 4.79 Å². The fourth-order valence-corrected chi connectivity index (χ4v) is 0.266. The van der Waals surface area contributed by atoms with Gasteiger partial charge in [0.2, 0.25) is 0 Å². The van der Waals surface area contributed by atoms with Gasteiger partial charge in [0.15, 0.2) is 0 Å². The largest absolute Gasteiger partial charge is 0.337 e. The third kappa shape index (κ3) is 3.20. The summed E-state index contributed by atoms with van der Waals surface area (Å²) in [5, 5.41) is 2.28. The molecule has 0 aliphatic heterocycles. The molecular weight excluding hydrogens is 110 g/mol. The Bertz CT molecular complexity index is 105. The summed E-state index contributed by atoms with van der Waals surface area (Å²) in [6.07, 6.45) is 4.66. The number of thiol groups is 1. The molecule has 0 atom stereocenters. The molecule has 0 aromatic heterocycles. The summed E-state index contributed by atoms with van der Waals surface area (Å²) in [4.78, 5) is 10.0. The zero-order valence-corrected chi connectivity index (χ0v) is 4.53. The molecule has 0 radical (unpaired) electrons. The third-order valence-electron chi connectivity index (χ3n) is 0.371. The first-order chi connectivity index (χ1) is 3.31. The lowest BCUT2D eigenvalue weighted by Crippen LogP contribution is -2.18. The molecule has 0 aromatic rings. The van der Waals surface area contributed by atoms with Gasteiger partial charge < -0.3 is 5.32 Å². The third-order valence-corrected chi connectivity index (χ3v) is 0.529. The molecule has 0 rings (SSSR count). The van der Waals surface area contributed by atoms with Crippen molar-refractivity contribution in [3.63, 3.8) is 0 Å². The first-order valence-corrected chi connectivity index (χ1v) is 2.30. The minimum atomic E-state index is -0.421. The molecule has 0 saturated carbocycles. The van der Waals surface area contributed by atoms with Gasteiger partial charge in [-0.1, -0.05) is 0 Å². The van der Waals surface area contributed by atoms with E-state index in [1.165, 1.54) is 0 Å². The maximum absolute atomic E-state index is 10.0. The molecule has 7 heavy (non-hydrogen) atoms. The second-order valence-corrected chi connectivity index (χ2v) is 1.12. The van der Waals surface area contributed by atoms with Gasteiger partial charge in [-0.15, -0.1) is 6.42 Å². The second-order valence-electron chi connectivity index (χ2n) is 0.808. The van der Waals surface area contributed by atoms with Crippen LogP contribution in [0, 0.1) is 12.3 Å². The molecule has 1 amide bonds. The van der Waals surface area contributed by atoms with E-state index in [1.807, 2.05) is 5.92 Å². The van der Waals surface area contributed by atoms with E-state index in [0.717, 1.165) is 0 Å². The standard InChI is InChI=1S/C4H5NOS/c1-2-4(6)5-3-7/h1,7H,3H2,(H,5,6). The lowest BCUT2D eigenvalue weighted by atomic mass is 10.6. The summed E-state index contributed by atoms with van der Waals surface area (Å²) in [6, 6.07) is 0. The van der Waals surface area contributed by atoms with Crippen molar-refractivity contribution in [3.8, 4) is 12.3 Å².